The van der Waals surface area contributed by atoms with E-state index in [0.29, 0.717) is 0 Å². The summed E-state index contributed by atoms with van der Waals surface area (Å²) in [7, 11) is 1.64. The fraction of sp³-hybridized carbons (Fsp3) is 0.350. The van der Waals surface area contributed by atoms with Gasteiger partial charge in [0.1, 0.15) is 5.75 Å². The number of amides is 1. The van der Waals surface area contributed by atoms with Crippen molar-refractivity contribution in [2.75, 3.05) is 19.0 Å². The Morgan fingerprint density at radius 3 is 2.68 bits per heavy atom. The third-order valence-electron chi connectivity index (χ3n) is 4.25. The van der Waals surface area contributed by atoms with E-state index < -0.39 is 0 Å². The minimum Gasteiger partial charge on any atom is -0.496 e. The van der Waals surface area contributed by atoms with E-state index in [1.54, 1.807) is 7.11 Å². The maximum Gasteiger partial charge on any atom is 0.238 e. The molecule has 5 heteroatoms. The second-order valence-electron chi connectivity index (χ2n) is 6.01. The molecular formula is C20H25BrN2O2. The van der Waals surface area contributed by atoms with Crippen molar-refractivity contribution in [1.82, 2.24) is 5.32 Å². The quantitative estimate of drug-likeness (QED) is 0.707. The first-order valence-corrected chi connectivity index (χ1v) is 9.20. The van der Waals surface area contributed by atoms with E-state index in [0.717, 1.165) is 39.0 Å². The van der Waals surface area contributed by atoms with Crippen molar-refractivity contribution in [3.8, 4) is 5.75 Å². The lowest BCUT2D eigenvalue weighted by Gasteiger charge is -2.17. The number of carbonyl (C=O) groups excluding carboxylic acids is 1. The number of methoxy groups -OCH3 is 1. The second kappa shape index (κ2) is 9.02. The van der Waals surface area contributed by atoms with Crippen molar-refractivity contribution in [1.29, 1.82) is 0 Å². The summed E-state index contributed by atoms with van der Waals surface area (Å²) >= 11 is 3.49. The zero-order valence-corrected chi connectivity index (χ0v) is 16.7. The molecule has 1 atom stereocenters. The van der Waals surface area contributed by atoms with Gasteiger partial charge in [-0.05, 0) is 65.0 Å². The van der Waals surface area contributed by atoms with Gasteiger partial charge in [-0.3, -0.25) is 4.79 Å². The molecule has 0 heterocycles. The highest BCUT2D eigenvalue weighted by molar-refractivity contribution is 9.10. The SMILES string of the molecule is CCc1cccc(C)c1NC(=O)CNC(C)c1ccc(OC)c(Br)c1. The molecule has 0 aliphatic carbocycles. The van der Waals surface area contributed by atoms with Crippen LogP contribution < -0.4 is 15.4 Å². The lowest BCUT2D eigenvalue weighted by molar-refractivity contribution is -0.115. The highest BCUT2D eigenvalue weighted by atomic mass is 79.9. The molecule has 0 fully saturated rings. The summed E-state index contributed by atoms with van der Waals surface area (Å²) in [6.07, 6.45) is 0.890. The highest BCUT2D eigenvalue weighted by Crippen LogP contribution is 2.28. The van der Waals surface area contributed by atoms with Gasteiger partial charge in [-0.15, -0.1) is 0 Å². The van der Waals surface area contributed by atoms with Gasteiger partial charge in [-0.2, -0.15) is 0 Å². The van der Waals surface area contributed by atoms with Crippen molar-refractivity contribution in [3.63, 3.8) is 0 Å². The predicted molar refractivity (Wildman–Crippen MR) is 106 cm³/mol. The zero-order valence-electron chi connectivity index (χ0n) is 15.2. The topological polar surface area (TPSA) is 50.4 Å². The molecule has 1 amide bonds. The molecule has 4 nitrogen and oxygen atoms in total. The predicted octanol–water partition coefficient (Wildman–Crippen LogP) is 4.62. The molecule has 134 valence electrons. The largest absolute Gasteiger partial charge is 0.496 e. The van der Waals surface area contributed by atoms with Crippen LogP contribution in [0.2, 0.25) is 0 Å². The minimum atomic E-state index is -0.0385. The first-order valence-electron chi connectivity index (χ1n) is 8.41. The molecule has 0 saturated heterocycles. The molecule has 1 unspecified atom stereocenters. The van der Waals surface area contributed by atoms with Crippen LogP contribution in [0, 0.1) is 6.92 Å². The van der Waals surface area contributed by atoms with Crippen LogP contribution in [0.15, 0.2) is 40.9 Å². The van der Waals surface area contributed by atoms with Crippen LogP contribution in [-0.4, -0.2) is 19.6 Å². The minimum absolute atomic E-state index is 0.0385. The summed E-state index contributed by atoms with van der Waals surface area (Å²) in [4.78, 5) is 12.3. The Morgan fingerprint density at radius 2 is 2.04 bits per heavy atom. The fourth-order valence-electron chi connectivity index (χ4n) is 2.70. The Morgan fingerprint density at radius 1 is 1.28 bits per heavy atom. The third-order valence-corrected chi connectivity index (χ3v) is 4.87. The van der Waals surface area contributed by atoms with Gasteiger partial charge in [0, 0.05) is 11.7 Å². The third kappa shape index (κ3) is 5.06. The Hall–Kier alpha value is -1.85. The van der Waals surface area contributed by atoms with Gasteiger partial charge in [-0.25, -0.2) is 0 Å². The molecule has 2 N–H and O–H groups in total. The normalized spacial score (nSPS) is 11.9. The summed E-state index contributed by atoms with van der Waals surface area (Å²) in [5.74, 6) is 0.753. The number of anilines is 1. The standard InChI is InChI=1S/C20H25BrN2O2/c1-5-15-8-6-7-13(2)20(15)23-19(24)12-22-14(3)16-9-10-18(25-4)17(21)11-16/h6-11,14,22H,5,12H2,1-4H3,(H,23,24). The van der Waals surface area contributed by atoms with Crippen molar-refractivity contribution >= 4 is 27.5 Å². The van der Waals surface area contributed by atoms with E-state index in [2.05, 4.69) is 33.5 Å². The fourth-order valence-corrected chi connectivity index (χ4v) is 3.26. The van der Waals surface area contributed by atoms with E-state index in [4.69, 9.17) is 4.74 Å². The Kier molecular flexibility index (Phi) is 7.02. The van der Waals surface area contributed by atoms with E-state index in [-0.39, 0.29) is 18.5 Å². The van der Waals surface area contributed by atoms with Crippen LogP contribution in [0.25, 0.3) is 0 Å². The number of para-hydroxylation sites is 1. The molecule has 0 aliphatic heterocycles. The molecule has 0 spiro atoms. The molecule has 0 bridgehead atoms. The van der Waals surface area contributed by atoms with Crippen LogP contribution in [0.4, 0.5) is 5.69 Å². The second-order valence-corrected chi connectivity index (χ2v) is 6.86. The maximum absolute atomic E-state index is 12.3. The van der Waals surface area contributed by atoms with Gasteiger partial charge in [0.05, 0.1) is 18.1 Å². The summed E-state index contributed by atoms with van der Waals surface area (Å²) < 4.78 is 6.15. The van der Waals surface area contributed by atoms with Gasteiger partial charge in [0.25, 0.3) is 0 Å². The Labute approximate surface area is 158 Å². The first-order chi connectivity index (χ1) is 12.0. The molecule has 0 aromatic heterocycles. The van der Waals surface area contributed by atoms with Gasteiger partial charge >= 0.3 is 0 Å². The number of hydrogen-bond acceptors (Lipinski definition) is 3. The average Bonchev–Trinajstić information content (AvgIpc) is 2.61. The summed E-state index contributed by atoms with van der Waals surface area (Å²) in [6.45, 7) is 6.39. The summed E-state index contributed by atoms with van der Waals surface area (Å²) in [6, 6.07) is 12.0. The van der Waals surface area contributed by atoms with Crippen LogP contribution >= 0.6 is 15.9 Å². The number of hydrogen-bond donors (Lipinski definition) is 2. The maximum atomic E-state index is 12.3. The van der Waals surface area contributed by atoms with E-state index >= 15 is 0 Å². The highest BCUT2D eigenvalue weighted by Gasteiger charge is 2.12. The molecule has 25 heavy (non-hydrogen) atoms. The van der Waals surface area contributed by atoms with Crippen molar-refractivity contribution < 1.29 is 9.53 Å². The van der Waals surface area contributed by atoms with Gasteiger partial charge < -0.3 is 15.4 Å². The van der Waals surface area contributed by atoms with E-state index in [1.807, 2.05) is 50.2 Å². The molecule has 2 aromatic rings. The van der Waals surface area contributed by atoms with Gasteiger partial charge in [0.15, 0.2) is 0 Å². The number of rotatable bonds is 7. The van der Waals surface area contributed by atoms with Crippen LogP contribution in [-0.2, 0) is 11.2 Å². The van der Waals surface area contributed by atoms with Crippen LogP contribution in [0.3, 0.4) is 0 Å². The lowest BCUT2D eigenvalue weighted by atomic mass is 10.1. The zero-order chi connectivity index (χ0) is 18.4. The molecule has 0 saturated carbocycles. The van der Waals surface area contributed by atoms with Crippen LogP contribution in [0.1, 0.15) is 36.6 Å². The average molecular weight is 405 g/mol. The van der Waals surface area contributed by atoms with Gasteiger partial charge in [0.2, 0.25) is 5.91 Å². The van der Waals surface area contributed by atoms with Crippen molar-refractivity contribution in [2.45, 2.75) is 33.2 Å². The smallest absolute Gasteiger partial charge is 0.238 e. The molecule has 2 rings (SSSR count). The lowest BCUT2D eigenvalue weighted by Crippen LogP contribution is -2.30. The number of aryl methyl sites for hydroxylation is 2. The number of benzene rings is 2. The molecule has 0 aliphatic rings. The molecule has 0 radical (unpaired) electrons. The van der Waals surface area contributed by atoms with Crippen molar-refractivity contribution in [2.24, 2.45) is 0 Å². The first kappa shape index (κ1) is 19.5. The van der Waals surface area contributed by atoms with Crippen molar-refractivity contribution in [3.05, 3.63) is 57.6 Å². The van der Waals surface area contributed by atoms with E-state index in [1.165, 1.54) is 0 Å². The Bertz CT molecular complexity index is 746. The monoisotopic (exact) mass is 404 g/mol. The number of halogens is 1. The number of nitrogens with one attached hydrogen (secondary N) is 2. The van der Waals surface area contributed by atoms with Crippen LogP contribution in [0.5, 0.6) is 5.75 Å². The summed E-state index contributed by atoms with van der Waals surface area (Å²) in [5, 5.41) is 6.30. The molecule has 2 aromatic carbocycles. The Balaban J connectivity index is 1.97. The summed E-state index contributed by atoms with van der Waals surface area (Å²) in [5.41, 5.74) is 4.25. The number of ether oxygens (including phenoxy) is 1. The molecular weight excluding hydrogens is 380 g/mol. The number of carbonyl (C=O) groups is 1. The van der Waals surface area contributed by atoms with Gasteiger partial charge in [-0.1, -0.05) is 31.2 Å². The van der Waals surface area contributed by atoms with E-state index in [9.17, 15) is 4.79 Å².